The monoisotopic (exact) mass is 206 g/mol. The lowest BCUT2D eigenvalue weighted by molar-refractivity contribution is 0.0512. The number of hydrogen-bond donors (Lipinski definition) is 1. The van der Waals surface area contributed by atoms with Gasteiger partial charge in [0.2, 0.25) is 0 Å². The fourth-order valence-electron chi connectivity index (χ4n) is 1.21. The maximum atomic E-state index is 11.3. The SMILES string of the molecule is CCOC(=O)c1nc2c(N)cccn2n1. The Hall–Kier alpha value is -2.11. The molecular formula is C9H10N4O2. The average molecular weight is 206 g/mol. The molecule has 0 fully saturated rings. The van der Waals surface area contributed by atoms with Crippen molar-refractivity contribution in [2.75, 3.05) is 12.3 Å². The molecule has 2 aromatic heterocycles. The molecule has 0 aliphatic heterocycles. The second-order valence-corrected chi connectivity index (χ2v) is 2.89. The number of carbonyl (C=O) groups is 1. The van der Waals surface area contributed by atoms with Crippen LogP contribution in [0.2, 0.25) is 0 Å². The van der Waals surface area contributed by atoms with Gasteiger partial charge < -0.3 is 10.5 Å². The molecule has 0 saturated heterocycles. The molecular weight excluding hydrogens is 196 g/mol. The number of hydrogen-bond acceptors (Lipinski definition) is 5. The van der Waals surface area contributed by atoms with Crippen molar-refractivity contribution in [2.24, 2.45) is 0 Å². The molecule has 78 valence electrons. The molecule has 6 heteroatoms. The van der Waals surface area contributed by atoms with Crippen LogP contribution in [0.15, 0.2) is 18.3 Å². The van der Waals surface area contributed by atoms with Crippen molar-refractivity contribution < 1.29 is 9.53 Å². The molecule has 2 rings (SSSR count). The van der Waals surface area contributed by atoms with Gasteiger partial charge in [-0.1, -0.05) is 0 Å². The van der Waals surface area contributed by atoms with Crippen LogP contribution in [0.25, 0.3) is 5.65 Å². The van der Waals surface area contributed by atoms with Crippen LogP contribution < -0.4 is 5.73 Å². The first-order valence-electron chi connectivity index (χ1n) is 4.50. The molecule has 2 aromatic rings. The molecule has 0 spiro atoms. The van der Waals surface area contributed by atoms with Crippen LogP contribution in [0.4, 0.5) is 5.69 Å². The Morgan fingerprint density at radius 2 is 2.47 bits per heavy atom. The average Bonchev–Trinajstić information content (AvgIpc) is 2.63. The number of nitrogens with zero attached hydrogens (tertiary/aromatic N) is 3. The molecule has 0 unspecified atom stereocenters. The van der Waals surface area contributed by atoms with Gasteiger partial charge in [-0.05, 0) is 19.1 Å². The molecule has 15 heavy (non-hydrogen) atoms. The quantitative estimate of drug-likeness (QED) is 0.723. The van der Waals surface area contributed by atoms with Crippen LogP contribution >= 0.6 is 0 Å². The largest absolute Gasteiger partial charge is 0.460 e. The summed E-state index contributed by atoms with van der Waals surface area (Å²) in [7, 11) is 0. The first kappa shape index (κ1) is 9.45. The van der Waals surface area contributed by atoms with Gasteiger partial charge in [-0.15, -0.1) is 5.10 Å². The van der Waals surface area contributed by atoms with E-state index in [-0.39, 0.29) is 5.82 Å². The summed E-state index contributed by atoms with van der Waals surface area (Å²) in [5.74, 6) is -0.518. The van der Waals surface area contributed by atoms with Gasteiger partial charge in [0.25, 0.3) is 5.82 Å². The van der Waals surface area contributed by atoms with Crippen LogP contribution in [0.3, 0.4) is 0 Å². The molecule has 0 atom stereocenters. The first-order chi connectivity index (χ1) is 7.22. The molecule has 0 saturated carbocycles. The van der Waals surface area contributed by atoms with Crippen molar-refractivity contribution in [1.29, 1.82) is 0 Å². The van der Waals surface area contributed by atoms with Crippen molar-refractivity contribution in [3.8, 4) is 0 Å². The number of aromatic nitrogens is 3. The Bertz CT molecular complexity index is 506. The van der Waals surface area contributed by atoms with Crippen molar-refractivity contribution >= 4 is 17.3 Å². The fraction of sp³-hybridized carbons (Fsp3) is 0.222. The molecule has 0 aliphatic rings. The number of rotatable bonds is 2. The minimum absolute atomic E-state index is 0.0229. The van der Waals surface area contributed by atoms with Crippen molar-refractivity contribution in [1.82, 2.24) is 14.6 Å². The van der Waals surface area contributed by atoms with E-state index in [0.29, 0.717) is 17.9 Å². The van der Waals surface area contributed by atoms with Crippen LogP contribution in [-0.4, -0.2) is 27.2 Å². The summed E-state index contributed by atoms with van der Waals surface area (Å²) >= 11 is 0. The van der Waals surface area contributed by atoms with E-state index in [2.05, 4.69) is 10.1 Å². The highest BCUT2D eigenvalue weighted by Gasteiger charge is 2.14. The Labute approximate surface area is 85.7 Å². The molecule has 0 aliphatic carbocycles. The van der Waals surface area contributed by atoms with Crippen molar-refractivity contribution in [3.05, 3.63) is 24.2 Å². The van der Waals surface area contributed by atoms with E-state index in [1.165, 1.54) is 4.52 Å². The zero-order chi connectivity index (χ0) is 10.8. The summed E-state index contributed by atoms with van der Waals surface area (Å²) in [6, 6.07) is 3.42. The van der Waals surface area contributed by atoms with Gasteiger partial charge in [-0.25, -0.2) is 9.31 Å². The van der Waals surface area contributed by atoms with Gasteiger partial charge in [-0.2, -0.15) is 4.98 Å². The lowest BCUT2D eigenvalue weighted by Gasteiger charge is -1.93. The number of fused-ring (bicyclic) bond motifs is 1. The smallest absolute Gasteiger partial charge is 0.378 e. The number of nitrogens with two attached hydrogens (primary N) is 1. The van der Waals surface area contributed by atoms with Gasteiger partial charge in [-0.3, -0.25) is 0 Å². The maximum Gasteiger partial charge on any atom is 0.378 e. The van der Waals surface area contributed by atoms with E-state index in [0.717, 1.165) is 0 Å². The third-order valence-corrected chi connectivity index (χ3v) is 1.85. The molecule has 0 amide bonds. The summed E-state index contributed by atoms with van der Waals surface area (Å²) in [5.41, 5.74) is 6.60. The Balaban J connectivity index is 2.47. The van der Waals surface area contributed by atoms with Crippen LogP contribution in [0.1, 0.15) is 17.5 Å². The predicted octanol–water partition coefficient (Wildman–Crippen LogP) is 0.488. The third-order valence-electron chi connectivity index (χ3n) is 1.85. The lowest BCUT2D eigenvalue weighted by atomic mass is 10.4. The number of pyridine rings is 1. The van der Waals surface area contributed by atoms with E-state index in [9.17, 15) is 4.79 Å². The topological polar surface area (TPSA) is 82.5 Å². The highest BCUT2D eigenvalue weighted by atomic mass is 16.5. The zero-order valence-corrected chi connectivity index (χ0v) is 8.17. The fourth-order valence-corrected chi connectivity index (χ4v) is 1.21. The van der Waals surface area contributed by atoms with Crippen LogP contribution in [-0.2, 0) is 4.74 Å². The molecule has 0 bridgehead atoms. The standard InChI is InChI=1S/C9H10N4O2/c1-2-15-9(14)7-11-8-6(10)4-3-5-13(8)12-7/h3-5H,2,10H2,1H3. The Kier molecular flexibility index (Phi) is 2.24. The van der Waals surface area contributed by atoms with Crippen molar-refractivity contribution in [2.45, 2.75) is 6.92 Å². The van der Waals surface area contributed by atoms with Crippen LogP contribution in [0.5, 0.6) is 0 Å². The van der Waals surface area contributed by atoms with E-state index in [1.54, 1.807) is 25.3 Å². The number of ether oxygens (including phenoxy) is 1. The number of nitrogen functional groups attached to an aromatic ring is 1. The van der Waals surface area contributed by atoms with Crippen LogP contribution in [0, 0.1) is 0 Å². The Morgan fingerprint density at radius 3 is 3.13 bits per heavy atom. The summed E-state index contributed by atoms with van der Waals surface area (Å²) in [6.45, 7) is 2.02. The molecule has 0 aromatic carbocycles. The number of carbonyl (C=O) groups excluding carboxylic acids is 1. The van der Waals surface area contributed by atoms with Gasteiger partial charge in [0.15, 0.2) is 5.65 Å². The molecule has 0 radical (unpaired) electrons. The van der Waals surface area contributed by atoms with E-state index in [4.69, 9.17) is 10.5 Å². The lowest BCUT2D eigenvalue weighted by Crippen LogP contribution is -2.06. The van der Waals surface area contributed by atoms with E-state index < -0.39 is 5.97 Å². The van der Waals surface area contributed by atoms with E-state index in [1.807, 2.05) is 0 Å². The van der Waals surface area contributed by atoms with Gasteiger partial charge in [0.05, 0.1) is 12.3 Å². The van der Waals surface area contributed by atoms with Gasteiger partial charge >= 0.3 is 5.97 Å². The van der Waals surface area contributed by atoms with Gasteiger partial charge in [0, 0.05) is 6.20 Å². The summed E-state index contributed by atoms with van der Waals surface area (Å²) in [6.07, 6.45) is 1.67. The number of esters is 1. The molecule has 2 heterocycles. The van der Waals surface area contributed by atoms with E-state index >= 15 is 0 Å². The third kappa shape index (κ3) is 1.61. The minimum atomic E-state index is -0.541. The first-order valence-corrected chi connectivity index (χ1v) is 4.50. The van der Waals surface area contributed by atoms with Crippen molar-refractivity contribution in [3.63, 3.8) is 0 Å². The highest BCUT2D eigenvalue weighted by molar-refractivity contribution is 5.86. The highest BCUT2D eigenvalue weighted by Crippen LogP contribution is 2.10. The summed E-state index contributed by atoms with van der Waals surface area (Å²) in [4.78, 5) is 15.3. The predicted molar refractivity (Wildman–Crippen MR) is 53.4 cm³/mol. The second kappa shape index (κ2) is 3.56. The zero-order valence-electron chi connectivity index (χ0n) is 8.17. The summed E-state index contributed by atoms with van der Waals surface area (Å²) in [5, 5.41) is 3.94. The minimum Gasteiger partial charge on any atom is -0.460 e. The molecule has 6 nitrogen and oxygen atoms in total. The summed E-state index contributed by atoms with van der Waals surface area (Å²) < 4.78 is 6.23. The normalized spacial score (nSPS) is 10.5. The molecule has 2 N–H and O–H groups in total. The Morgan fingerprint density at radius 1 is 1.67 bits per heavy atom. The van der Waals surface area contributed by atoms with Gasteiger partial charge in [0.1, 0.15) is 0 Å². The second-order valence-electron chi connectivity index (χ2n) is 2.89. The number of anilines is 1. The maximum absolute atomic E-state index is 11.3.